The summed E-state index contributed by atoms with van der Waals surface area (Å²) in [4.78, 5) is 2.53. The van der Waals surface area contributed by atoms with E-state index in [2.05, 4.69) is 157 Å². The van der Waals surface area contributed by atoms with Gasteiger partial charge in [0.05, 0.1) is 11.0 Å². The minimum Gasteiger partial charge on any atom is -0.335 e. The predicted octanol–water partition coefficient (Wildman–Crippen LogP) is 10.4. The Bertz CT molecular complexity index is 1810. The molecule has 1 aliphatic heterocycles. The summed E-state index contributed by atoms with van der Waals surface area (Å²) >= 11 is 0. The molecule has 2 aliphatic rings. The number of hydrogen-bond acceptors (Lipinski definition) is 1. The molecule has 2 unspecified atom stereocenters. The van der Waals surface area contributed by atoms with E-state index in [9.17, 15) is 0 Å². The summed E-state index contributed by atoms with van der Waals surface area (Å²) in [6.45, 7) is 4.69. The fourth-order valence-electron chi connectivity index (χ4n) is 6.61. The molecule has 1 aromatic heterocycles. The third-order valence-electron chi connectivity index (χ3n) is 8.66. The molecule has 2 heterocycles. The van der Waals surface area contributed by atoms with Crippen molar-refractivity contribution in [3.05, 3.63) is 145 Å². The van der Waals surface area contributed by atoms with Crippen molar-refractivity contribution in [1.82, 2.24) is 4.57 Å². The molecule has 41 heavy (non-hydrogen) atoms. The van der Waals surface area contributed by atoms with Gasteiger partial charge in [-0.2, -0.15) is 0 Å². The van der Waals surface area contributed by atoms with E-state index in [1.807, 2.05) is 0 Å². The van der Waals surface area contributed by atoms with Crippen LogP contribution >= 0.6 is 0 Å². The zero-order valence-electron chi connectivity index (χ0n) is 23.9. The molecule has 0 amide bonds. The zero-order chi connectivity index (χ0) is 27.8. The molecule has 0 bridgehead atoms. The van der Waals surface area contributed by atoms with Crippen LogP contribution in [0.1, 0.15) is 33.1 Å². The zero-order valence-corrected chi connectivity index (χ0v) is 23.9. The Labute approximate surface area is 243 Å². The van der Waals surface area contributed by atoms with Crippen molar-refractivity contribution in [2.24, 2.45) is 5.92 Å². The number of aromatic nitrogens is 1. The van der Waals surface area contributed by atoms with Crippen molar-refractivity contribution in [2.45, 2.75) is 39.2 Å². The first-order chi connectivity index (χ1) is 20.2. The highest BCUT2D eigenvalue weighted by Crippen LogP contribution is 2.37. The topological polar surface area (TPSA) is 8.17 Å². The molecular weight excluding hydrogens is 496 g/mol. The van der Waals surface area contributed by atoms with Crippen molar-refractivity contribution in [2.75, 3.05) is 4.90 Å². The summed E-state index contributed by atoms with van der Waals surface area (Å²) in [5.74, 6) is 0.507. The molecular formula is C39H36N2. The first kappa shape index (κ1) is 25.4. The highest BCUT2D eigenvalue weighted by molar-refractivity contribution is 6.09. The normalized spacial score (nSPS) is 20.0. The van der Waals surface area contributed by atoms with Gasteiger partial charge in [0.1, 0.15) is 0 Å². The van der Waals surface area contributed by atoms with E-state index < -0.39 is 0 Å². The molecule has 0 N–H and O–H groups in total. The molecule has 0 fully saturated rings. The Kier molecular flexibility index (Phi) is 6.68. The number of para-hydroxylation sites is 2. The molecule has 4 aromatic carbocycles. The van der Waals surface area contributed by atoms with Gasteiger partial charge < -0.3 is 9.47 Å². The summed E-state index contributed by atoms with van der Waals surface area (Å²) < 4.78 is 2.40. The Morgan fingerprint density at radius 1 is 0.634 bits per heavy atom. The van der Waals surface area contributed by atoms with E-state index >= 15 is 0 Å². The molecule has 0 spiro atoms. The lowest BCUT2D eigenvalue weighted by molar-refractivity contribution is 0.629. The lowest BCUT2D eigenvalue weighted by Gasteiger charge is -2.33. The van der Waals surface area contributed by atoms with Crippen molar-refractivity contribution in [3.63, 3.8) is 0 Å². The molecule has 0 radical (unpaired) electrons. The maximum absolute atomic E-state index is 2.53. The second-order valence-electron chi connectivity index (χ2n) is 11.4. The Balaban J connectivity index is 1.35. The van der Waals surface area contributed by atoms with Gasteiger partial charge in [-0.3, -0.25) is 0 Å². The molecule has 0 saturated heterocycles. The van der Waals surface area contributed by atoms with Gasteiger partial charge in [-0.25, -0.2) is 0 Å². The van der Waals surface area contributed by atoms with Crippen molar-refractivity contribution in [1.29, 1.82) is 0 Å². The lowest BCUT2D eigenvalue weighted by Crippen LogP contribution is -2.31. The molecule has 0 saturated carbocycles. The number of fused-ring (bicyclic) bond motifs is 3. The van der Waals surface area contributed by atoms with Crippen LogP contribution in [0.2, 0.25) is 0 Å². The summed E-state index contributed by atoms with van der Waals surface area (Å²) in [5, 5.41) is 2.57. The van der Waals surface area contributed by atoms with Crippen LogP contribution in [0.25, 0.3) is 38.6 Å². The van der Waals surface area contributed by atoms with Crippen LogP contribution in [0.4, 0.5) is 5.69 Å². The van der Waals surface area contributed by atoms with E-state index in [0.717, 1.165) is 12.8 Å². The number of benzene rings is 4. The van der Waals surface area contributed by atoms with Crippen molar-refractivity contribution >= 4 is 27.5 Å². The van der Waals surface area contributed by atoms with Crippen LogP contribution in [0, 0.1) is 5.92 Å². The summed E-state index contributed by atoms with van der Waals surface area (Å²) in [5.41, 5.74) is 10.1. The molecule has 1 aliphatic carbocycles. The van der Waals surface area contributed by atoms with Crippen LogP contribution in [0.15, 0.2) is 145 Å². The largest absolute Gasteiger partial charge is 0.335 e. The average molecular weight is 533 g/mol. The van der Waals surface area contributed by atoms with E-state index in [-0.39, 0.29) is 6.04 Å². The van der Waals surface area contributed by atoms with Gasteiger partial charge in [0.25, 0.3) is 0 Å². The minimum atomic E-state index is 0.251. The first-order valence-electron chi connectivity index (χ1n) is 14.9. The molecule has 202 valence electrons. The summed E-state index contributed by atoms with van der Waals surface area (Å²) in [6, 6.07) is 35.7. The molecule has 5 aromatic rings. The Morgan fingerprint density at radius 3 is 2.00 bits per heavy atom. The van der Waals surface area contributed by atoms with E-state index in [1.54, 1.807) is 0 Å². The summed E-state index contributed by atoms with van der Waals surface area (Å²) in [7, 11) is 0. The molecule has 2 atom stereocenters. The number of rotatable bonds is 3. The molecule has 7 rings (SSSR count). The van der Waals surface area contributed by atoms with Crippen LogP contribution in [0.5, 0.6) is 0 Å². The maximum Gasteiger partial charge on any atom is 0.0541 e. The number of hydrogen-bond donors (Lipinski definition) is 0. The van der Waals surface area contributed by atoms with Gasteiger partial charge >= 0.3 is 0 Å². The third kappa shape index (κ3) is 4.64. The highest BCUT2D eigenvalue weighted by atomic mass is 15.2. The monoisotopic (exact) mass is 532 g/mol. The third-order valence-corrected chi connectivity index (χ3v) is 8.66. The number of nitrogens with zero attached hydrogens (tertiary/aromatic N) is 2. The van der Waals surface area contributed by atoms with E-state index in [1.165, 1.54) is 62.0 Å². The van der Waals surface area contributed by atoms with Gasteiger partial charge in [0.2, 0.25) is 0 Å². The second kappa shape index (κ2) is 10.8. The predicted molar refractivity (Wildman–Crippen MR) is 176 cm³/mol. The summed E-state index contributed by atoms with van der Waals surface area (Å²) in [6.07, 6.45) is 17.3. The molecule has 2 nitrogen and oxygen atoms in total. The van der Waals surface area contributed by atoms with Crippen LogP contribution in [-0.4, -0.2) is 10.6 Å². The van der Waals surface area contributed by atoms with Crippen LogP contribution < -0.4 is 4.90 Å². The fourth-order valence-corrected chi connectivity index (χ4v) is 6.61. The fraction of sp³-hybridized carbons (Fsp3) is 0.179. The highest BCUT2D eigenvalue weighted by Gasteiger charge is 2.23. The lowest BCUT2D eigenvalue weighted by atomic mass is 9.93. The smallest absolute Gasteiger partial charge is 0.0541 e. The van der Waals surface area contributed by atoms with Gasteiger partial charge in [-0.15, -0.1) is 0 Å². The SMILES string of the molecule is CC1CC/C=C\C(C)N(c2cccc(-c3cccc(-n4c5ccccc5c5ccccc54)c3)c2)C2=C1C=CCC=C2. The van der Waals surface area contributed by atoms with Crippen LogP contribution in [-0.2, 0) is 0 Å². The van der Waals surface area contributed by atoms with Gasteiger partial charge in [0, 0.05) is 33.9 Å². The van der Waals surface area contributed by atoms with Crippen molar-refractivity contribution < 1.29 is 0 Å². The number of allylic oxidation sites excluding steroid dienone is 6. The van der Waals surface area contributed by atoms with E-state index in [0.29, 0.717) is 5.92 Å². The maximum atomic E-state index is 2.53. The quantitative estimate of drug-likeness (QED) is 0.210. The minimum absolute atomic E-state index is 0.251. The Morgan fingerprint density at radius 2 is 1.27 bits per heavy atom. The first-order valence-corrected chi connectivity index (χ1v) is 14.9. The number of anilines is 1. The van der Waals surface area contributed by atoms with Crippen LogP contribution in [0.3, 0.4) is 0 Å². The van der Waals surface area contributed by atoms with Gasteiger partial charge in [-0.1, -0.05) is 98.0 Å². The second-order valence-corrected chi connectivity index (χ2v) is 11.4. The average Bonchev–Trinajstić information content (AvgIpc) is 3.18. The van der Waals surface area contributed by atoms with Gasteiger partial charge in [-0.05, 0) is 91.3 Å². The van der Waals surface area contributed by atoms with E-state index in [4.69, 9.17) is 0 Å². The van der Waals surface area contributed by atoms with Crippen molar-refractivity contribution in [3.8, 4) is 16.8 Å². The standard InChI is InChI=1S/C39H36N2/c1-28-14-6-7-15-29(2)40(37-23-5-3-4-20-34(28)37)32-18-12-16-30(26-32)31-17-13-19-33(27-31)41-38-24-10-8-21-35(38)36-22-9-11-25-39(36)41/h4-5,7-13,15-29H,3,6,14H2,1-2H3/b15-7-. The molecule has 2 heteroatoms. The Hall–Kier alpha value is -4.56. The van der Waals surface area contributed by atoms with Gasteiger partial charge in [0.15, 0.2) is 0 Å².